The normalized spacial score (nSPS) is 10.0. The summed E-state index contributed by atoms with van der Waals surface area (Å²) in [6, 6.07) is 15.9. The summed E-state index contributed by atoms with van der Waals surface area (Å²) < 4.78 is 0. The number of benzene rings is 3. The molecular formula is C20H16N6O6. The number of rotatable bonds is 6. The molecule has 0 spiro atoms. The van der Waals surface area contributed by atoms with Crippen LogP contribution in [0.3, 0.4) is 0 Å². The number of anilines is 4. The maximum atomic E-state index is 12.4. The van der Waals surface area contributed by atoms with E-state index in [2.05, 4.69) is 21.3 Å². The van der Waals surface area contributed by atoms with Crippen LogP contribution < -0.4 is 21.3 Å². The van der Waals surface area contributed by atoms with Crippen LogP contribution in [0, 0.1) is 20.2 Å². The lowest BCUT2D eigenvalue weighted by molar-refractivity contribution is -0.384. The molecule has 0 atom stereocenters. The van der Waals surface area contributed by atoms with Crippen LogP contribution in [0.25, 0.3) is 0 Å². The molecule has 0 aliphatic carbocycles. The average molecular weight is 436 g/mol. The van der Waals surface area contributed by atoms with E-state index in [0.717, 1.165) is 0 Å². The fourth-order valence-electron chi connectivity index (χ4n) is 2.73. The third-order valence-corrected chi connectivity index (χ3v) is 4.12. The number of urea groups is 2. The van der Waals surface area contributed by atoms with Crippen LogP contribution in [0.2, 0.25) is 0 Å². The van der Waals surface area contributed by atoms with Crippen molar-refractivity contribution in [2.24, 2.45) is 0 Å². The quantitative estimate of drug-likeness (QED) is 0.320. The Labute approximate surface area is 180 Å². The first-order valence-electron chi connectivity index (χ1n) is 9.07. The molecule has 32 heavy (non-hydrogen) atoms. The fraction of sp³-hybridized carbons (Fsp3) is 0. The highest BCUT2D eigenvalue weighted by Gasteiger charge is 2.17. The van der Waals surface area contributed by atoms with Gasteiger partial charge in [-0.15, -0.1) is 0 Å². The van der Waals surface area contributed by atoms with Gasteiger partial charge < -0.3 is 21.3 Å². The molecular weight excluding hydrogens is 420 g/mol. The second-order valence-corrected chi connectivity index (χ2v) is 6.25. The molecule has 0 saturated carbocycles. The topological polar surface area (TPSA) is 169 Å². The summed E-state index contributed by atoms with van der Waals surface area (Å²) >= 11 is 0. The number of hydrogen-bond donors (Lipinski definition) is 4. The first kappa shape index (κ1) is 21.7. The van der Waals surface area contributed by atoms with Gasteiger partial charge in [0.2, 0.25) is 0 Å². The van der Waals surface area contributed by atoms with E-state index in [1.165, 1.54) is 60.7 Å². The van der Waals surface area contributed by atoms with Gasteiger partial charge in [0.05, 0.1) is 21.2 Å². The van der Waals surface area contributed by atoms with E-state index in [-0.39, 0.29) is 34.1 Å². The summed E-state index contributed by atoms with van der Waals surface area (Å²) in [5.74, 6) is 0. The molecule has 3 aromatic carbocycles. The van der Waals surface area contributed by atoms with Crippen molar-refractivity contribution in [3.63, 3.8) is 0 Å². The minimum absolute atomic E-state index is 0.00503. The number of nitrogens with one attached hydrogen (secondary N) is 4. The highest BCUT2D eigenvalue weighted by molar-refractivity contribution is 6.07. The first-order valence-corrected chi connectivity index (χ1v) is 9.07. The van der Waals surface area contributed by atoms with Gasteiger partial charge in [-0.1, -0.05) is 36.4 Å². The molecule has 0 aliphatic heterocycles. The molecule has 162 valence electrons. The Balaban J connectivity index is 1.71. The summed E-state index contributed by atoms with van der Waals surface area (Å²) in [4.78, 5) is 45.6. The van der Waals surface area contributed by atoms with Crippen molar-refractivity contribution >= 4 is 46.2 Å². The average Bonchev–Trinajstić information content (AvgIpc) is 2.75. The molecule has 4 N–H and O–H groups in total. The van der Waals surface area contributed by atoms with E-state index in [4.69, 9.17) is 0 Å². The Morgan fingerprint density at radius 1 is 0.531 bits per heavy atom. The molecule has 0 aromatic heterocycles. The van der Waals surface area contributed by atoms with Crippen molar-refractivity contribution < 1.29 is 19.4 Å². The summed E-state index contributed by atoms with van der Waals surface area (Å²) in [7, 11) is 0. The van der Waals surface area contributed by atoms with E-state index in [1.807, 2.05) is 0 Å². The SMILES string of the molecule is O=C(Nc1ccccc1NC(=O)Nc1ccccc1[N+](=O)[O-])Nc1ccccc1[N+](=O)[O-]. The Bertz CT molecular complexity index is 1110. The van der Waals surface area contributed by atoms with Crippen molar-refractivity contribution in [2.45, 2.75) is 0 Å². The lowest BCUT2D eigenvalue weighted by atomic mass is 10.2. The molecule has 12 nitrogen and oxygen atoms in total. The maximum absolute atomic E-state index is 12.4. The van der Waals surface area contributed by atoms with Gasteiger partial charge in [-0.2, -0.15) is 0 Å². The molecule has 0 fully saturated rings. The number of carbonyl (C=O) groups excluding carboxylic acids is 2. The lowest BCUT2D eigenvalue weighted by Crippen LogP contribution is -2.23. The van der Waals surface area contributed by atoms with Gasteiger partial charge in [0, 0.05) is 12.1 Å². The van der Waals surface area contributed by atoms with Crippen LogP contribution in [0.15, 0.2) is 72.8 Å². The number of nitrogens with zero attached hydrogens (tertiary/aromatic N) is 2. The Morgan fingerprint density at radius 3 is 1.16 bits per heavy atom. The fourth-order valence-corrected chi connectivity index (χ4v) is 2.73. The van der Waals surface area contributed by atoms with Gasteiger partial charge in [0.25, 0.3) is 11.4 Å². The van der Waals surface area contributed by atoms with Gasteiger partial charge in [-0.3, -0.25) is 20.2 Å². The summed E-state index contributed by atoms with van der Waals surface area (Å²) in [5, 5.41) is 32.0. The van der Waals surface area contributed by atoms with Crippen LogP contribution in [0.1, 0.15) is 0 Å². The maximum Gasteiger partial charge on any atom is 0.323 e. The molecule has 12 heteroatoms. The van der Waals surface area contributed by atoms with Crippen LogP contribution >= 0.6 is 0 Å². The highest BCUT2D eigenvalue weighted by Crippen LogP contribution is 2.26. The predicted octanol–water partition coefficient (Wildman–Crippen LogP) is 4.79. The zero-order valence-corrected chi connectivity index (χ0v) is 16.3. The molecule has 0 saturated heterocycles. The second-order valence-electron chi connectivity index (χ2n) is 6.25. The van der Waals surface area contributed by atoms with Gasteiger partial charge in [-0.25, -0.2) is 9.59 Å². The van der Waals surface area contributed by atoms with Crippen molar-refractivity contribution in [3.8, 4) is 0 Å². The van der Waals surface area contributed by atoms with E-state index in [1.54, 1.807) is 12.1 Å². The minimum atomic E-state index is -0.771. The van der Waals surface area contributed by atoms with E-state index in [9.17, 15) is 29.8 Å². The van der Waals surface area contributed by atoms with Crippen molar-refractivity contribution in [1.82, 2.24) is 0 Å². The van der Waals surface area contributed by atoms with E-state index < -0.39 is 21.9 Å². The molecule has 4 amide bonds. The lowest BCUT2D eigenvalue weighted by Gasteiger charge is -2.13. The first-order chi connectivity index (χ1) is 15.3. The van der Waals surface area contributed by atoms with Crippen LogP contribution in [0.4, 0.5) is 43.7 Å². The number of carbonyl (C=O) groups is 2. The summed E-state index contributed by atoms with van der Waals surface area (Å²) in [5.41, 5.74) is -0.178. The van der Waals surface area contributed by atoms with Crippen molar-refractivity contribution in [2.75, 3.05) is 21.3 Å². The third kappa shape index (κ3) is 5.33. The van der Waals surface area contributed by atoms with E-state index >= 15 is 0 Å². The highest BCUT2D eigenvalue weighted by atomic mass is 16.6. The molecule has 0 unspecified atom stereocenters. The van der Waals surface area contributed by atoms with Crippen LogP contribution in [-0.2, 0) is 0 Å². The number of hydrogen-bond acceptors (Lipinski definition) is 6. The molecule has 0 radical (unpaired) electrons. The van der Waals surface area contributed by atoms with Gasteiger partial charge in [0.15, 0.2) is 0 Å². The molecule has 0 heterocycles. The molecule has 3 aromatic rings. The van der Waals surface area contributed by atoms with Crippen molar-refractivity contribution in [1.29, 1.82) is 0 Å². The number of para-hydroxylation sites is 6. The summed E-state index contributed by atoms with van der Waals surface area (Å²) in [6.45, 7) is 0. The predicted molar refractivity (Wildman–Crippen MR) is 118 cm³/mol. The molecule has 0 bridgehead atoms. The number of amides is 4. The summed E-state index contributed by atoms with van der Waals surface area (Å²) in [6.07, 6.45) is 0. The van der Waals surface area contributed by atoms with Crippen molar-refractivity contribution in [3.05, 3.63) is 93.0 Å². The van der Waals surface area contributed by atoms with Crippen LogP contribution in [0.5, 0.6) is 0 Å². The Morgan fingerprint density at radius 2 is 0.812 bits per heavy atom. The van der Waals surface area contributed by atoms with Crippen LogP contribution in [-0.4, -0.2) is 21.9 Å². The Hall–Kier alpha value is -5.00. The third-order valence-electron chi connectivity index (χ3n) is 4.12. The van der Waals surface area contributed by atoms with Gasteiger partial charge >= 0.3 is 12.1 Å². The number of nitro groups is 2. The standard InChI is InChI=1S/C20H16N6O6/c27-19(23-15-9-3-5-11-17(15)25(29)30)21-13-7-1-2-8-14(13)22-20(28)24-16-10-4-6-12-18(16)26(31)32/h1-12H,(H2,21,23,27)(H2,22,24,28). The monoisotopic (exact) mass is 436 g/mol. The zero-order valence-electron chi connectivity index (χ0n) is 16.3. The minimum Gasteiger partial charge on any atom is -0.306 e. The molecule has 3 rings (SSSR count). The van der Waals surface area contributed by atoms with Gasteiger partial charge in [0.1, 0.15) is 11.4 Å². The second kappa shape index (κ2) is 9.67. The Kier molecular flexibility index (Phi) is 6.56. The van der Waals surface area contributed by atoms with Gasteiger partial charge in [-0.05, 0) is 24.3 Å². The van der Waals surface area contributed by atoms with E-state index in [0.29, 0.717) is 0 Å². The number of nitro benzene ring substituents is 2. The smallest absolute Gasteiger partial charge is 0.306 e. The molecule has 0 aliphatic rings. The largest absolute Gasteiger partial charge is 0.323 e. The zero-order chi connectivity index (χ0) is 23.1.